The van der Waals surface area contributed by atoms with E-state index in [2.05, 4.69) is 301 Å². The number of nitrogens with zero attached hydrogens (tertiary/aromatic N) is 2. The van der Waals surface area contributed by atoms with Crippen molar-refractivity contribution in [2.24, 2.45) is 0 Å². The second-order valence-electron chi connectivity index (χ2n) is 18.5. The van der Waals surface area contributed by atoms with Gasteiger partial charge < -0.3 is 9.47 Å². The molecule has 1 aromatic heterocycles. The predicted octanol–water partition coefficient (Wildman–Crippen LogP) is 19.4. The summed E-state index contributed by atoms with van der Waals surface area (Å²) in [5.41, 5.74) is 21.0. The van der Waals surface area contributed by atoms with E-state index in [0.717, 1.165) is 33.9 Å². The molecule has 2 heteroatoms. The fraction of sp³-hybridized carbons (Fsp3) is 0. The minimum absolute atomic E-state index is 1.07. The normalized spacial score (nSPS) is 11.3. The van der Waals surface area contributed by atoms with Gasteiger partial charge in [0.05, 0.1) is 16.7 Å². The summed E-state index contributed by atoms with van der Waals surface area (Å²) in [5.74, 6) is 0. The van der Waals surface area contributed by atoms with Crippen molar-refractivity contribution in [2.75, 3.05) is 4.90 Å². The number of fused-ring (bicyclic) bond motifs is 4. The van der Waals surface area contributed by atoms with Gasteiger partial charge in [-0.15, -0.1) is 0 Å². The first-order valence-corrected chi connectivity index (χ1v) is 24.7. The Morgan fingerprint density at radius 1 is 0.222 bits per heavy atom. The summed E-state index contributed by atoms with van der Waals surface area (Å²) in [5, 5.41) is 4.94. The monoisotopic (exact) mass is 916 g/mol. The number of benzene rings is 12. The third-order valence-electron chi connectivity index (χ3n) is 14.2. The van der Waals surface area contributed by atoms with Crippen molar-refractivity contribution >= 4 is 49.6 Å². The van der Waals surface area contributed by atoms with Gasteiger partial charge >= 0.3 is 0 Å². The molecule has 0 aliphatic rings. The quantitative estimate of drug-likeness (QED) is 0.133. The van der Waals surface area contributed by atoms with E-state index in [0.29, 0.717) is 0 Å². The number of rotatable bonds is 10. The first-order valence-electron chi connectivity index (χ1n) is 24.7. The molecule has 13 aromatic rings. The maximum Gasteiger partial charge on any atom is 0.0547 e. The molecule has 338 valence electrons. The van der Waals surface area contributed by atoms with Gasteiger partial charge in [-0.2, -0.15) is 0 Å². The van der Waals surface area contributed by atoms with Crippen LogP contribution in [0.5, 0.6) is 0 Å². The van der Waals surface area contributed by atoms with Crippen LogP contribution in [0.4, 0.5) is 17.1 Å². The minimum atomic E-state index is 1.07. The van der Waals surface area contributed by atoms with E-state index in [1.807, 2.05) is 0 Å². The third-order valence-corrected chi connectivity index (χ3v) is 14.2. The summed E-state index contributed by atoms with van der Waals surface area (Å²) in [6.45, 7) is 0. The van der Waals surface area contributed by atoms with E-state index in [9.17, 15) is 0 Å². The summed E-state index contributed by atoms with van der Waals surface area (Å²) in [4.78, 5) is 2.37. The van der Waals surface area contributed by atoms with E-state index in [-0.39, 0.29) is 0 Å². The fourth-order valence-electron chi connectivity index (χ4n) is 10.5. The van der Waals surface area contributed by atoms with Crippen LogP contribution in [-0.4, -0.2) is 4.57 Å². The SMILES string of the molecule is c1ccc(-c2cccc(-c3ccc(N(c4ccc(-c5ccc6ccccc6c5)cc4)c4ccc(-c5ccccc5-n5c6cc(-c7ccccc7)ccc6c6ccc(-c7ccccc7)cc65)cc4)cc3)c2)cc1. The third kappa shape index (κ3) is 8.01. The van der Waals surface area contributed by atoms with Gasteiger partial charge in [-0.25, -0.2) is 0 Å². The smallest absolute Gasteiger partial charge is 0.0547 e. The molecule has 0 fully saturated rings. The molecule has 0 N–H and O–H groups in total. The van der Waals surface area contributed by atoms with Crippen molar-refractivity contribution in [1.29, 1.82) is 0 Å². The standard InChI is InChI=1S/C70H48N2/c1-4-15-49(16-5-1)57-23-14-24-58(45-57)53-29-37-62(38-30-53)71(63-39-31-54(32-40-63)59-28-27-52-21-10-11-22-56(52)46-59)64-41-33-55(34-42-64)65-25-12-13-26-68(65)72-69-47-60(50-17-6-2-7-18-50)35-43-66(69)67-44-36-61(48-70(67)72)51-19-8-3-9-20-51/h1-48H. The molecule has 0 aliphatic heterocycles. The predicted molar refractivity (Wildman–Crippen MR) is 306 cm³/mol. The highest BCUT2D eigenvalue weighted by molar-refractivity contribution is 6.11. The Balaban J connectivity index is 0.912. The highest BCUT2D eigenvalue weighted by Gasteiger charge is 2.19. The van der Waals surface area contributed by atoms with Crippen molar-refractivity contribution in [3.63, 3.8) is 0 Å². The molecule has 13 rings (SSSR count). The molecule has 0 saturated heterocycles. The summed E-state index contributed by atoms with van der Waals surface area (Å²) in [6.07, 6.45) is 0. The lowest BCUT2D eigenvalue weighted by Crippen LogP contribution is -2.09. The molecule has 0 unspecified atom stereocenters. The van der Waals surface area contributed by atoms with Gasteiger partial charge in [0.1, 0.15) is 0 Å². The van der Waals surface area contributed by atoms with E-state index in [4.69, 9.17) is 0 Å². The van der Waals surface area contributed by atoms with Crippen LogP contribution in [0.1, 0.15) is 0 Å². The summed E-state index contributed by atoms with van der Waals surface area (Å²) < 4.78 is 2.48. The van der Waals surface area contributed by atoms with E-state index in [1.165, 1.54) is 88.2 Å². The second-order valence-corrected chi connectivity index (χ2v) is 18.5. The highest BCUT2D eigenvalue weighted by atomic mass is 15.1. The van der Waals surface area contributed by atoms with Crippen LogP contribution >= 0.6 is 0 Å². The van der Waals surface area contributed by atoms with Gasteiger partial charge in [0.2, 0.25) is 0 Å². The van der Waals surface area contributed by atoms with Gasteiger partial charge in [-0.3, -0.25) is 0 Å². The average Bonchev–Trinajstić information content (AvgIpc) is 3.79. The minimum Gasteiger partial charge on any atom is -0.311 e. The van der Waals surface area contributed by atoms with Crippen molar-refractivity contribution in [3.8, 4) is 72.4 Å². The zero-order valence-electron chi connectivity index (χ0n) is 39.6. The molecule has 0 amide bonds. The number of hydrogen-bond acceptors (Lipinski definition) is 1. The van der Waals surface area contributed by atoms with Gasteiger partial charge in [-0.1, -0.05) is 224 Å². The summed E-state index contributed by atoms with van der Waals surface area (Å²) in [7, 11) is 0. The molecule has 0 radical (unpaired) electrons. The average molecular weight is 917 g/mol. The molecular formula is C70H48N2. The Kier molecular flexibility index (Phi) is 10.9. The first-order chi connectivity index (χ1) is 35.7. The number of aromatic nitrogens is 1. The van der Waals surface area contributed by atoms with E-state index < -0.39 is 0 Å². The molecule has 0 bridgehead atoms. The highest BCUT2D eigenvalue weighted by Crippen LogP contribution is 2.42. The van der Waals surface area contributed by atoms with Gasteiger partial charge in [0.25, 0.3) is 0 Å². The molecule has 0 aliphatic carbocycles. The number of hydrogen-bond donors (Lipinski definition) is 0. The molecule has 0 saturated carbocycles. The van der Waals surface area contributed by atoms with Crippen LogP contribution in [0.2, 0.25) is 0 Å². The van der Waals surface area contributed by atoms with Crippen LogP contribution in [0, 0.1) is 0 Å². The molecule has 0 atom stereocenters. The van der Waals surface area contributed by atoms with E-state index in [1.54, 1.807) is 0 Å². The Bertz CT molecular complexity index is 3950. The first kappa shape index (κ1) is 42.6. The van der Waals surface area contributed by atoms with Crippen LogP contribution in [0.15, 0.2) is 291 Å². The molecule has 2 nitrogen and oxygen atoms in total. The zero-order valence-corrected chi connectivity index (χ0v) is 39.6. The Labute approximate surface area is 420 Å². The maximum absolute atomic E-state index is 2.48. The maximum atomic E-state index is 2.48. The second kappa shape index (κ2) is 18.4. The van der Waals surface area contributed by atoms with Crippen LogP contribution < -0.4 is 4.90 Å². The molecule has 72 heavy (non-hydrogen) atoms. The fourth-order valence-corrected chi connectivity index (χ4v) is 10.5. The van der Waals surface area contributed by atoms with Gasteiger partial charge in [0, 0.05) is 33.4 Å². The largest absolute Gasteiger partial charge is 0.311 e. The van der Waals surface area contributed by atoms with Crippen LogP contribution in [0.3, 0.4) is 0 Å². The number of anilines is 3. The molecule has 1 heterocycles. The number of para-hydroxylation sites is 1. The Hall–Kier alpha value is -9.50. The van der Waals surface area contributed by atoms with Crippen molar-refractivity contribution in [1.82, 2.24) is 4.57 Å². The van der Waals surface area contributed by atoms with Crippen molar-refractivity contribution in [3.05, 3.63) is 291 Å². The Morgan fingerprint density at radius 3 is 1.10 bits per heavy atom. The van der Waals surface area contributed by atoms with Crippen molar-refractivity contribution in [2.45, 2.75) is 0 Å². The van der Waals surface area contributed by atoms with Crippen LogP contribution in [-0.2, 0) is 0 Å². The van der Waals surface area contributed by atoms with Crippen LogP contribution in [0.25, 0.3) is 105 Å². The summed E-state index contributed by atoms with van der Waals surface area (Å²) >= 11 is 0. The molecule has 0 spiro atoms. The van der Waals surface area contributed by atoms with Crippen molar-refractivity contribution < 1.29 is 0 Å². The van der Waals surface area contributed by atoms with Gasteiger partial charge in [0.15, 0.2) is 0 Å². The Morgan fingerprint density at radius 2 is 0.583 bits per heavy atom. The topological polar surface area (TPSA) is 8.17 Å². The molecule has 12 aromatic carbocycles. The van der Waals surface area contributed by atoms with E-state index >= 15 is 0 Å². The lowest BCUT2D eigenvalue weighted by Gasteiger charge is -2.26. The molecular weight excluding hydrogens is 869 g/mol. The lowest BCUT2D eigenvalue weighted by atomic mass is 9.98. The van der Waals surface area contributed by atoms with Gasteiger partial charge in [-0.05, 0) is 139 Å². The lowest BCUT2D eigenvalue weighted by molar-refractivity contribution is 1.18. The summed E-state index contributed by atoms with van der Waals surface area (Å²) in [6, 6.07) is 106. The zero-order chi connectivity index (χ0) is 47.8.